The van der Waals surface area contributed by atoms with Crippen molar-refractivity contribution in [3.63, 3.8) is 0 Å². The van der Waals surface area contributed by atoms with E-state index in [-0.39, 0.29) is 56.8 Å². The first-order valence-electron chi connectivity index (χ1n) is 14.6. The van der Waals surface area contributed by atoms with E-state index in [1.807, 2.05) is 13.0 Å². The molecule has 0 aromatic carbocycles. The molecule has 0 spiro atoms. The normalized spacial score (nSPS) is 50.5. The van der Waals surface area contributed by atoms with Crippen molar-refractivity contribution in [1.82, 2.24) is 0 Å². The van der Waals surface area contributed by atoms with Gasteiger partial charge < -0.3 is 9.84 Å². The van der Waals surface area contributed by atoms with Crippen LogP contribution in [0.25, 0.3) is 0 Å². The molecule has 4 saturated carbocycles. The molecule has 5 aliphatic rings. The van der Waals surface area contributed by atoms with Crippen molar-refractivity contribution in [2.24, 2.45) is 50.2 Å². The van der Waals surface area contributed by atoms with E-state index in [2.05, 4.69) is 41.5 Å². The molecular formula is C32H48O5. The first-order chi connectivity index (χ1) is 16.9. The molecule has 0 bridgehead atoms. The van der Waals surface area contributed by atoms with Crippen LogP contribution in [0.3, 0.4) is 0 Å². The van der Waals surface area contributed by atoms with Crippen LogP contribution in [0.15, 0.2) is 11.6 Å². The van der Waals surface area contributed by atoms with Crippen LogP contribution >= 0.6 is 0 Å². The fraction of sp³-hybridized carbons (Fsp3) is 0.844. The summed E-state index contributed by atoms with van der Waals surface area (Å²) in [7, 11) is 0. The number of carboxylic acid groups (broad SMARTS) is 1. The molecule has 37 heavy (non-hydrogen) atoms. The summed E-state index contributed by atoms with van der Waals surface area (Å²) >= 11 is 0. The quantitative estimate of drug-likeness (QED) is 0.404. The SMILES string of the molecule is CC(=O)O[C@H]1CC[C@@]2(C)C(CC[C@]3(C)[C@@H]2C(=O)C=C2[C@H]4C[C@](C)(C(=O)O)CC[C@]4(C)CC[C@]23C)C1(C)C. The van der Waals surface area contributed by atoms with E-state index in [0.29, 0.717) is 18.8 Å². The fourth-order valence-corrected chi connectivity index (χ4v) is 10.8. The Balaban J connectivity index is 1.58. The summed E-state index contributed by atoms with van der Waals surface area (Å²) in [6, 6.07) is 0. The number of hydrogen-bond donors (Lipinski definition) is 1. The number of allylic oxidation sites excluding steroid dienone is 2. The number of carbonyl (C=O) groups excluding carboxylic acids is 2. The maximum absolute atomic E-state index is 14.4. The Bertz CT molecular complexity index is 1070. The molecule has 1 unspecified atom stereocenters. The maximum atomic E-state index is 14.4. The molecule has 206 valence electrons. The summed E-state index contributed by atoms with van der Waals surface area (Å²) in [6.07, 6.45) is 10.0. The van der Waals surface area contributed by atoms with Crippen molar-refractivity contribution in [3.8, 4) is 0 Å². The minimum atomic E-state index is -0.729. The summed E-state index contributed by atoms with van der Waals surface area (Å²) in [4.78, 5) is 38.5. The first-order valence-corrected chi connectivity index (χ1v) is 14.6. The third kappa shape index (κ3) is 3.43. The summed E-state index contributed by atoms with van der Waals surface area (Å²) in [5.74, 6) is -0.280. The Hall–Kier alpha value is -1.65. The van der Waals surface area contributed by atoms with Gasteiger partial charge in [0.2, 0.25) is 0 Å². The van der Waals surface area contributed by atoms with Crippen LogP contribution in [0.2, 0.25) is 0 Å². The minimum Gasteiger partial charge on any atom is -0.481 e. The number of carboxylic acids is 1. The predicted molar refractivity (Wildman–Crippen MR) is 143 cm³/mol. The molecule has 0 heterocycles. The van der Waals surface area contributed by atoms with Gasteiger partial charge >= 0.3 is 11.9 Å². The molecule has 5 nitrogen and oxygen atoms in total. The van der Waals surface area contributed by atoms with E-state index in [1.54, 1.807) is 0 Å². The van der Waals surface area contributed by atoms with Crippen LogP contribution in [0.5, 0.6) is 0 Å². The van der Waals surface area contributed by atoms with Crippen molar-refractivity contribution in [3.05, 3.63) is 11.6 Å². The molecule has 0 aromatic heterocycles. The number of ketones is 1. The lowest BCUT2D eigenvalue weighted by Gasteiger charge is -2.70. The summed E-state index contributed by atoms with van der Waals surface area (Å²) in [6.45, 7) is 17.4. The van der Waals surface area contributed by atoms with E-state index in [9.17, 15) is 19.5 Å². The van der Waals surface area contributed by atoms with Crippen LogP contribution in [-0.4, -0.2) is 28.9 Å². The maximum Gasteiger partial charge on any atom is 0.309 e. The number of esters is 1. The van der Waals surface area contributed by atoms with Crippen molar-refractivity contribution < 1.29 is 24.2 Å². The molecule has 0 amide bonds. The van der Waals surface area contributed by atoms with Gasteiger partial charge in [0, 0.05) is 18.3 Å². The van der Waals surface area contributed by atoms with E-state index < -0.39 is 11.4 Å². The third-order valence-electron chi connectivity index (χ3n) is 13.3. The van der Waals surface area contributed by atoms with Crippen LogP contribution < -0.4 is 0 Å². The van der Waals surface area contributed by atoms with Gasteiger partial charge in [0.25, 0.3) is 0 Å². The molecule has 1 N–H and O–H groups in total. The van der Waals surface area contributed by atoms with Crippen LogP contribution in [0.4, 0.5) is 0 Å². The number of fused-ring (bicyclic) bond motifs is 7. The number of ether oxygens (including phenoxy) is 1. The van der Waals surface area contributed by atoms with Crippen molar-refractivity contribution >= 4 is 17.7 Å². The van der Waals surface area contributed by atoms with Gasteiger partial charge in [-0.1, -0.05) is 47.1 Å². The minimum absolute atomic E-state index is 0.0644. The van der Waals surface area contributed by atoms with E-state index in [0.717, 1.165) is 44.9 Å². The molecule has 0 saturated heterocycles. The van der Waals surface area contributed by atoms with E-state index >= 15 is 0 Å². The molecule has 9 atom stereocenters. The molecule has 5 rings (SSSR count). The molecule has 0 aliphatic heterocycles. The lowest BCUT2D eigenvalue weighted by Crippen LogP contribution is -2.66. The number of aliphatic carboxylic acids is 1. The van der Waals surface area contributed by atoms with Gasteiger partial charge in [-0.15, -0.1) is 0 Å². The average molecular weight is 513 g/mol. The number of carbonyl (C=O) groups is 3. The zero-order valence-electron chi connectivity index (χ0n) is 24.3. The van der Waals surface area contributed by atoms with E-state index in [4.69, 9.17) is 4.74 Å². The summed E-state index contributed by atoms with van der Waals surface area (Å²) in [5, 5.41) is 10.1. The fourth-order valence-electron chi connectivity index (χ4n) is 10.8. The second-order valence-corrected chi connectivity index (χ2v) is 15.5. The zero-order valence-corrected chi connectivity index (χ0v) is 24.3. The van der Waals surface area contributed by atoms with Gasteiger partial charge in [0.15, 0.2) is 5.78 Å². The highest BCUT2D eigenvalue weighted by molar-refractivity contribution is 5.95. The topological polar surface area (TPSA) is 80.7 Å². The second kappa shape index (κ2) is 7.94. The zero-order chi connectivity index (χ0) is 27.4. The Morgan fingerprint density at radius 3 is 2.19 bits per heavy atom. The standard InChI is InChI=1S/C32H48O5/c1-19(33)37-24-10-11-30(6)23(27(24,2)3)9-12-32(8)25(30)22(34)17-20-21-18-29(5,26(35)36)14-13-28(21,4)15-16-31(20,32)7/h17,21,23-25H,9-16,18H2,1-8H3,(H,35,36)/t21-,23?,24+,25-,28-,29-,30+,31-,32-/m1/s1. The van der Waals surface area contributed by atoms with Gasteiger partial charge in [0.05, 0.1) is 5.41 Å². The lowest BCUT2D eigenvalue weighted by atomic mass is 9.33. The summed E-state index contributed by atoms with van der Waals surface area (Å²) < 4.78 is 5.82. The van der Waals surface area contributed by atoms with Gasteiger partial charge in [0.1, 0.15) is 6.10 Å². The Morgan fingerprint density at radius 2 is 1.57 bits per heavy atom. The number of rotatable bonds is 2. The van der Waals surface area contributed by atoms with Crippen molar-refractivity contribution in [2.75, 3.05) is 0 Å². The predicted octanol–water partition coefficient (Wildman–Crippen LogP) is 6.98. The molecular weight excluding hydrogens is 464 g/mol. The third-order valence-corrected chi connectivity index (χ3v) is 13.3. The Morgan fingerprint density at radius 1 is 0.919 bits per heavy atom. The molecule has 5 heteroatoms. The molecule has 0 radical (unpaired) electrons. The second-order valence-electron chi connectivity index (χ2n) is 15.5. The molecule has 0 aromatic rings. The smallest absolute Gasteiger partial charge is 0.309 e. The van der Waals surface area contributed by atoms with Gasteiger partial charge in [-0.2, -0.15) is 0 Å². The van der Waals surface area contributed by atoms with Gasteiger partial charge in [-0.25, -0.2) is 0 Å². The van der Waals surface area contributed by atoms with Crippen molar-refractivity contribution in [1.29, 1.82) is 0 Å². The van der Waals surface area contributed by atoms with Crippen LogP contribution in [0.1, 0.15) is 113 Å². The highest BCUT2D eigenvalue weighted by Crippen LogP contribution is 2.75. The highest BCUT2D eigenvalue weighted by Gasteiger charge is 2.70. The van der Waals surface area contributed by atoms with Crippen LogP contribution in [0, 0.1) is 50.2 Å². The lowest BCUT2D eigenvalue weighted by molar-refractivity contribution is -0.210. The Labute approximate surface area is 223 Å². The number of hydrogen-bond acceptors (Lipinski definition) is 4. The van der Waals surface area contributed by atoms with Crippen molar-refractivity contribution in [2.45, 2.75) is 119 Å². The van der Waals surface area contributed by atoms with E-state index in [1.165, 1.54) is 12.5 Å². The highest BCUT2D eigenvalue weighted by atomic mass is 16.5. The van der Waals surface area contributed by atoms with Gasteiger partial charge in [-0.05, 0) is 104 Å². The monoisotopic (exact) mass is 512 g/mol. The average Bonchev–Trinajstić information content (AvgIpc) is 2.78. The molecule has 5 aliphatic carbocycles. The Kier molecular flexibility index (Phi) is 5.78. The van der Waals surface area contributed by atoms with Crippen LogP contribution in [-0.2, 0) is 19.1 Å². The van der Waals surface area contributed by atoms with Gasteiger partial charge in [-0.3, -0.25) is 14.4 Å². The first kappa shape index (κ1) is 26.9. The largest absolute Gasteiger partial charge is 0.481 e. The molecule has 4 fully saturated rings. The summed E-state index contributed by atoms with van der Waals surface area (Å²) in [5.41, 5.74) is -0.0327.